The molecule has 3 heterocycles. The Balaban J connectivity index is 1.42. The molecule has 0 unspecified atom stereocenters. The Morgan fingerprint density at radius 1 is 1.14 bits per heavy atom. The monoisotopic (exact) mass is 417 g/mol. The van der Waals surface area contributed by atoms with Gasteiger partial charge in [-0.05, 0) is 37.1 Å². The molecule has 1 fully saturated rings. The minimum absolute atomic E-state index is 0.0139. The number of carbonyl (C=O) groups is 1. The summed E-state index contributed by atoms with van der Waals surface area (Å²) in [5, 5.41) is 4.30. The van der Waals surface area contributed by atoms with Gasteiger partial charge in [0.1, 0.15) is 0 Å². The molecular formula is C20H27N5O3S. The summed E-state index contributed by atoms with van der Waals surface area (Å²) < 4.78 is 29.7. The molecule has 9 heteroatoms. The van der Waals surface area contributed by atoms with Crippen molar-refractivity contribution in [3.8, 4) is 0 Å². The van der Waals surface area contributed by atoms with Gasteiger partial charge in [-0.2, -0.15) is 9.40 Å². The predicted molar refractivity (Wildman–Crippen MR) is 110 cm³/mol. The van der Waals surface area contributed by atoms with Gasteiger partial charge < -0.3 is 4.90 Å². The van der Waals surface area contributed by atoms with Crippen molar-refractivity contribution in [2.75, 3.05) is 37.6 Å². The minimum atomic E-state index is -3.53. The van der Waals surface area contributed by atoms with Gasteiger partial charge >= 0.3 is 0 Å². The fraction of sp³-hybridized carbons (Fsp3) is 0.500. The van der Waals surface area contributed by atoms with E-state index in [0.717, 1.165) is 29.9 Å². The average molecular weight is 418 g/mol. The standard InChI is InChI=1S/C20H27N5O3S/c1-3-23-15-17(13-21-23)14-22-8-10-24(11-9-22)29(27,28)19-4-5-20-18(12-19)6-7-25(20)16(2)26/h4-5,12-13,15H,3,6-11,14H2,1-2H3. The first kappa shape index (κ1) is 20.1. The normalized spacial score (nSPS) is 18.2. The van der Waals surface area contributed by atoms with Gasteiger partial charge in [0.2, 0.25) is 15.9 Å². The first-order chi connectivity index (χ1) is 13.9. The topological polar surface area (TPSA) is 78.8 Å². The van der Waals surface area contributed by atoms with Gasteiger partial charge in [0.05, 0.1) is 11.1 Å². The maximum atomic E-state index is 13.1. The van der Waals surface area contributed by atoms with Crippen LogP contribution in [0.5, 0.6) is 0 Å². The number of hydrogen-bond acceptors (Lipinski definition) is 5. The lowest BCUT2D eigenvalue weighted by atomic mass is 10.2. The molecule has 1 aromatic heterocycles. The highest BCUT2D eigenvalue weighted by atomic mass is 32.2. The number of fused-ring (bicyclic) bond motifs is 1. The van der Waals surface area contributed by atoms with E-state index in [1.54, 1.807) is 27.4 Å². The minimum Gasteiger partial charge on any atom is -0.312 e. The second-order valence-corrected chi connectivity index (χ2v) is 9.53. The molecule has 1 saturated heterocycles. The maximum Gasteiger partial charge on any atom is 0.243 e. The summed E-state index contributed by atoms with van der Waals surface area (Å²) in [6.07, 6.45) is 4.61. The molecule has 0 spiro atoms. The lowest BCUT2D eigenvalue weighted by Crippen LogP contribution is -2.48. The van der Waals surface area contributed by atoms with Gasteiger partial charge in [-0.25, -0.2) is 8.42 Å². The van der Waals surface area contributed by atoms with Gasteiger partial charge in [0.25, 0.3) is 0 Å². The average Bonchev–Trinajstić information content (AvgIpc) is 3.34. The van der Waals surface area contributed by atoms with E-state index in [1.165, 1.54) is 6.92 Å². The van der Waals surface area contributed by atoms with E-state index >= 15 is 0 Å². The van der Waals surface area contributed by atoms with Gasteiger partial charge in [0.15, 0.2) is 0 Å². The van der Waals surface area contributed by atoms with Crippen molar-refractivity contribution in [2.24, 2.45) is 0 Å². The van der Waals surface area contributed by atoms with Crippen molar-refractivity contribution in [1.82, 2.24) is 19.0 Å². The Labute approximate surface area is 171 Å². The number of anilines is 1. The van der Waals surface area contributed by atoms with E-state index < -0.39 is 10.0 Å². The number of nitrogens with zero attached hydrogens (tertiary/aromatic N) is 5. The summed E-state index contributed by atoms with van der Waals surface area (Å²) in [5.41, 5.74) is 2.90. The first-order valence-electron chi connectivity index (χ1n) is 10.0. The highest BCUT2D eigenvalue weighted by molar-refractivity contribution is 7.89. The molecule has 2 aliphatic heterocycles. The predicted octanol–water partition coefficient (Wildman–Crippen LogP) is 1.32. The summed E-state index contributed by atoms with van der Waals surface area (Å²) in [6, 6.07) is 5.12. The molecule has 0 atom stereocenters. The number of aromatic nitrogens is 2. The molecule has 2 aliphatic rings. The largest absolute Gasteiger partial charge is 0.312 e. The van der Waals surface area contributed by atoms with E-state index in [1.807, 2.05) is 17.1 Å². The number of rotatable bonds is 5. The highest BCUT2D eigenvalue weighted by Crippen LogP contribution is 2.31. The lowest BCUT2D eigenvalue weighted by molar-refractivity contribution is -0.116. The van der Waals surface area contributed by atoms with Crippen LogP contribution in [0.3, 0.4) is 0 Å². The molecular weight excluding hydrogens is 390 g/mol. The van der Waals surface area contributed by atoms with Crippen molar-refractivity contribution >= 4 is 21.6 Å². The number of piperazine rings is 1. The summed E-state index contributed by atoms with van der Waals surface area (Å²) in [7, 11) is -3.53. The highest BCUT2D eigenvalue weighted by Gasteiger charge is 2.30. The van der Waals surface area contributed by atoms with Crippen LogP contribution in [0.15, 0.2) is 35.5 Å². The van der Waals surface area contributed by atoms with Crippen LogP contribution < -0.4 is 4.90 Å². The van der Waals surface area contributed by atoms with Crippen LogP contribution in [0.25, 0.3) is 0 Å². The Morgan fingerprint density at radius 2 is 1.90 bits per heavy atom. The molecule has 156 valence electrons. The van der Waals surface area contributed by atoms with Gasteiger partial charge in [0, 0.05) is 70.2 Å². The zero-order valence-electron chi connectivity index (χ0n) is 16.9. The van der Waals surface area contributed by atoms with Gasteiger partial charge in [-0.1, -0.05) is 0 Å². The SMILES string of the molecule is CCn1cc(CN2CCN(S(=O)(=O)c3ccc4c(c3)CCN4C(C)=O)CC2)cn1. The molecule has 29 heavy (non-hydrogen) atoms. The molecule has 0 bridgehead atoms. The van der Waals surface area contributed by atoms with Crippen LogP contribution in [0.4, 0.5) is 5.69 Å². The van der Waals surface area contributed by atoms with Crippen molar-refractivity contribution in [3.05, 3.63) is 41.7 Å². The second kappa shape index (κ2) is 7.89. The molecule has 2 aromatic rings. The fourth-order valence-corrected chi connectivity index (χ4v) is 5.54. The molecule has 0 radical (unpaired) electrons. The first-order valence-corrected chi connectivity index (χ1v) is 11.5. The van der Waals surface area contributed by atoms with E-state index in [0.29, 0.717) is 44.0 Å². The van der Waals surface area contributed by atoms with Crippen molar-refractivity contribution < 1.29 is 13.2 Å². The summed E-state index contributed by atoms with van der Waals surface area (Å²) in [5.74, 6) is -0.0139. The number of aryl methyl sites for hydroxylation is 1. The Kier molecular flexibility index (Phi) is 5.46. The third-order valence-corrected chi connectivity index (χ3v) is 7.61. The van der Waals surface area contributed by atoms with Gasteiger partial charge in [-0.15, -0.1) is 0 Å². The fourth-order valence-electron chi connectivity index (χ4n) is 4.06. The summed E-state index contributed by atoms with van der Waals surface area (Å²) in [6.45, 7) is 8.16. The maximum absolute atomic E-state index is 13.1. The van der Waals surface area contributed by atoms with E-state index in [2.05, 4.69) is 16.9 Å². The number of benzene rings is 1. The van der Waals surface area contributed by atoms with Crippen LogP contribution in [0.1, 0.15) is 25.0 Å². The van der Waals surface area contributed by atoms with E-state index in [9.17, 15) is 13.2 Å². The molecule has 4 rings (SSSR count). The van der Waals surface area contributed by atoms with Crippen LogP contribution in [0, 0.1) is 0 Å². The summed E-state index contributed by atoms with van der Waals surface area (Å²) in [4.78, 5) is 16.0. The Hall–Kier alpha value is -2.23. The molecule has 0 N–H and O–H groups in total. The molecule has 8 nitrogen and oxygen atoms in total. The zero-order valence-corrected chi connectivity index (χ0v) is 17.7. The van der Waals surface area contributed by atoms with Gasteiger partial charge in [-0.3, -0.25) is 14.4 Å². The smallest absolute Gasteiger partial charge is 0.243 e. The van der Waals surface area contributed by atoms with Crippen molar-refractivity contribution in [2.45, 2.75) is 38.3 Å². The van der Waals surface area contributed by atoms with Crippen molar-refractivity contribution in [1.29, 1.82) is 0 Å². The Morgan fingerprint density at radius 3 is 2.55 bits per heavy atom. The van der Waals surface area contributed by atoms with E-state index in [4.69, 9.17) is 0 Å². The molecule has 1 amide bonds. The van der Waals surface area contributed by atoms with Crippen LogP contribution >= 0.6 is 0 Å². The van der Waals surface area contributed by atoms with Crippen LogP contribution in [-0.2, 0) is 34.3 Å². The quantitative estimate of drug-likeness (QED) is 0.733. The molecule has 0 saturated carbocycles. The molecule has 0 aliphatic carbocycles. The Bertz CT molecular complexity index is 1010. The van der Waals surface area contributed by atoms with Crippen LogP contribution in [0.2, 0.25) is 0 Å². The van der Waals surface area contributed by atoms with Crippen LogP contribution in [-0.4, -0.2) is 66.0 Å². The number of hydrogen-bond donors (Lipinski definition) is 0. The lowest BCUT2D eigenvalue weighted by Gasteiger charge is -2.33. The second-order valence-electron chi connectivity index (χ2n) is 7.60. The summed E-state index contributed by atoms with van der Waals surface area (Å²) >= 11 is 0. The number of sulfonamides is 1. The third-order valence-electron chi connectivity index (χ3n) is 5.71. The number of amides is 1. The zero-order chi connectivity index (χ0) is 20.6. The van der Waals surface area contributed by atoms with Crippen molar-refractivity contribution in [3.63, 3.8) is 0 Å². The third kappa shape index (κ3) is 3.94. The number of carbonyl (C=O) groups excluding carboxylic acids is 1. The van der Waals surface area contributed by atoms with E-state index in [-0.39, 0.29) is 5.91 Å². The molecule has 1 aromatic carbocycles.